The molecule has 1 atom stereocenters. The van der Waals surface area contributed by atoms with Crippen LogP contribution in [-0.4, -0.2) is 57.0 Å². The van der Waals surface area contributed by atoms with Crippen molar-refractivity contribution in [1.82, 2.24) is 20.2 Å². The van der Waals surface area contributed by atoms with Crippen LogP contribution in [0.3, 0.4) is 0 Å². The van der Waals surface area contributed by atoms with E-state index in [-0.39, 0.29) is 28.6 Å². The molecule has 8 heteroatoms. The third-order valence-electron chi connectivity index (χ3n) is 5.95. The predicted molar refractivity (Wildman–Crippen MR) is 108 cm³/mol. The first-order valence-electron chi connectivity index (χ1n) is 9.97. The molecule has 2 aromatic heterocycles. The zero-order chi connectivity index (χ0) is 20.1. The molecule has 1 aromatic carbocycles. The number of carboxylic acids is 1. The zero-order valence-electron chi connectivity index (χ0n) is 15.8. The summed E-state index contributed by atoms with van der Waals surface area (Å²) in [5.74, 6) is -1.17. The number of aromatic carboxylic acids is 1. The molecule has 1 aliphatic heterocycles. The number of nitrogens with one attached hydrogen (secondary N) is 3. The van der Waals surface area contributed by atoms with Gasteiger partial charge in [-0.2, -0.15) is 0 Å². The van der Waals surface area contributed by atoms with Gasteiger partial charge in [-0.05, 0) is 50.4 Å². The molecule has 1 saturated heterocycles. The summed E-state index contributed by atoms with van der Waals surface area (Å²) in [7, 11) is 0. The Morgan fingerprint density at radius 3 is 2.72 bits per heavy atom. The number of carboxylic acid groups (broad SMARTS) is 1. The number of carbonyl (C=O) groups is 2. The van der Waals surface area contributed by atoms with Gasteiger partial charge in [0.2, 0.25) is 0 Å². The van der Waals surface area contributed by atoms with E-state index in [2.05, 4.69) is 15.3 Å². The average Bonchev–Trinajstić information content (AvgIpc) is 3.22. The Bertz CT molecular complexity index is 1180. The molecular formula is C21H22N4O4. The summed E-state index contributed by atoms with van der Waals surface area (Å²) >= 11 is 0. The molecule has 3 heterocycles. The van der Waals surface area contributed by atoms with Crippen molar-refractivity contribution >= 4 is 33.7 Å². The molecule has 29 heavy (non-hydrogen) atoms. The lowest BCUT2D eigenvalue weighted by atomic mass is 10.0. The molecule has 0 radical (unpaired) electrons. The van der Waals surface area contributed by atoms with Crippen molar-refractivity contribution in [3.63, 3.8) is 0 Å². The van der Waals surface area contributed by atoms with Crippen molar-refractivity contribution < 1.29 is 14.7 Å². The topological polar surface area (TPSA) is 118 Å². The number of aromatic nitrogens is 2. The van der Waals surface area contributed by atoms with Crippen LogP contribution in [0.5, 0.6) is 0 Å². The summed E-state index contributed by atoms with van der Waals surface area (Å²) in [5.41, 5.74) is 0.861. The molecule has 1 aliphatic carbocycles. The number of aromatic amines is 2. The summed E-state index contributed by atoms with van der Waals surface area (Å²) < 4.78 is 0. The van der Waals surface area contributed by atoms with Gasteiger partial charge in [0.05, 0.1) is 5.56 Å². The summed E-state index contributed by atoms with van der Waals surface area (Å²) in [6.07, 6.45) is 5.55. The highest BCUT2D eigenvalue weighted by Crippen LogP contribution is 2.31. The van der Waals surface area contributed by atoms with Crippen molar-refractivity contribution in [3.05, 3.63) is 45.9 Å². The van der Waals surface area contributed by atoms with E-state index in [4.69, 9.17) is 0 Å². The number of hydrogen-bond donors (Lipinski definition) is 4. The van der Waals surface area contributed by atoms with Gasteiger partial charge in [0.25, 0.3) is 11.5 Å². The third kappa shape index (κ3) is 3.09. The molecule has 0 unspecified atom stereocenters. The SMILES string of the molecule is O=C(O)c1c[nH]c2c(=O)[nH]c3ccc(C(=O)N(C[C@@H]4CCCN4)C4CC4)cc3c12. The van der Waals surface area contributed by atoms with Crippen LogP contribution in [-0.2, 0) is 0 Å². The Morgan fingerprint density at radius 2 is 2.03 bits per heavy atom. The fraction of sp³-hybridized carbons (Fsp3) is 0.381. The van der Waals surface area contributed by atoms with Gasteiger partial charge in [-0.1, -0.05) is 0 Å². The number of fused-ring (bicyclic) bond motifs is 3. The lowest BCUT2D eigenvalue weighted by Crippen LogP contribution is -2.42. The van der Waals surface area contributed by atoms with Crippen LogP contribution in [0.2, 0.25) is 0 Å². The Balaban J connectivity index is 1.59. The molecule has 2 fully saturated rings. The maximum atomic E-state index is 13.3. The molecule has 1 saturated carbocycles. The van der Waals surface area contributed by atoms with Gasteiger partial charge in [0, 0.05) is 46.7 Å². The summed E-state index contributed by atoms with van der Waals surface area (Å²) in [6.45, 7) is 1.68. The molecule has 150 valence electrons. The third-order valence-corrected chi connectivity index (χ3v) is 5.95. The maximum Gasteiger partial charge on any atom is 0.337 e. The number of nitrogens with zero attached hydrogens (tertiary/aromatic N) is 1. The van der Waals surface area contributed by atoms with E-state index in [1.54, 1.807) is 18.2 Å². The standard InChI is InChI=1S/C21H22N4O4/c26-19-18-17(15(9-23-18)21(28)29)14-8-11(3-6-16(14)24-19)20(27)25(13-4-5-13)10-12-2-1-7-22-12/h3,6,8-9,12-13,22-23H,1-2,4-5,7,10H2,(H,24,26)(H,28,29)/t12-/m0/s1. The molecule has 4 N–H and O–H groups in total. The lowest BCUT2D eigenvalue weighted by molar-refractivity contribution is 0.0697. The number of hydrogen-bond acceptors (Lipinski definition) is 4. The second-order valence-corrected chi connectivity index (χ2v) is 7.95. The second-order valence-electron chi connectivity index (χ2n) is 7.95. The second kappa shape index (κ2) is 6.73. The van der Waals surface area contributed by atoms with Crippen molar-refractivity contribution in [2.45, 2.75) is 37.8 Å². The predicted octanol–water partition coefficient (Wildman–Crippen LogP) is 2.06. The van der Waals surface area contributed by atoms with Gasteiger partial charge in [-0.25, -0.2) is 4.79 Å². The number of H-pyrrole nitrogens is 2. The van der Waals surface area contributed by atoms with E-state index in [9.17, 15) is 19.5 Å². The normalized spacial score (nSPS) is 19.1. The van der Waals surface area contributed by atoms with Gasteiger partial charge in [-0.15, -0.1) is 0 Å². The zero-order valence-corrected chi connectivity index (χ0v) is 15.8. The molecule has 0 bridgehead atoms. The number of rotatable bonds is 5. The van der Waals surface area contributed by atoms with Crippen LogP contribution in [0.15, 0.2) is 29.2 Å². The highest BCUT2D eigenvalue weighted by molar-refractivity contribution is 6.15. The fourth-order valence-electron chi connectivity index (χ4n) is 4.33. The highest BCUT2D eigenvalue weighted by Gasteiger charge is 2.35. The van der Waals surface area contributed by atoms with E-state index in [1.165, 1.54) is 6.20 Å². The van der Waals surface area contributed by atoms with Crippen LogP contribution in [0.1, 0.15) is 46.4 Å². The quantitative estimate of drug-likeness (QED) is 0.528. The van der Waals surface area contributed by atoms with Crippen molar-refractivity contribution in [1.29, 1.82) is 0 Å². The number of carbonyl (C=O) groups excluding carboxylic acids is 1. The van der Waals surface area contributed by atoms with Crippen molar-refractivity contribution in [2.24, 2.45) is 0 Å². The van der Waals surface area contributed by atoms with Gasteiger partial charge >= 0.3 is 5.97 Å². The van der Waals surface area contributed by atoms with Crippen LogP contribution in [0.4, 0.5) is 0 Å². The molecular weight excluding hydrogens is 372 g/mol. The summed E-state index contributed by atoms with van der Waals surface area (Å²) in [4.78, 5) is 44.7. The van der Waals surface area contributed by atoms with Gasteiger partial charge in [-0.3, -0.25) is 9.59 Å². The molecule has 5 rings (SSSR count). The number of pyridine rings is 1. The Morgan fingerprint density at radius 1 is 1.21 bits per heavy atom. The van der Waals surface area contributed by atoms with Crippen LogP contribution >= 0.6 is 0 Å². The summed E-state index contributed by atoms with van der Waals surface area (Å²) in [5, 5.41) is 13.9. The van der Waals surface area contributed by atoms with Crippen LogP contribution < -0.4 is 10.9 Å². The van der Waals surface area contributed by atoms with Crippen LogP contribution in [0, 0.1) is 0 Å². The van der Waals surface area contributed by atoms with E-state index in [1.807, 2.05) is 4.90 Å². The Kier molecular flexibility index (Phi) is 4.16. The minimum atomic E-state index is -1.12. The Hall–Kier alpha value is -3.13. The monoisotopic (exact) mass is 394 g/mol. The molecule has 0 spiro atoms. The van der Waals surface area contributed by atoms with Gasteiger partial charge < -0.3 is 25.3 Å². The highest BCUT2D eigenvalue weighted by atomic mass is 16.4. The minimum absolute atomic E-state index is 0.0231. The molecule has 3 aromatic rings. The van der Waals surface area contributed by atoms with Gasteiger partial charge in [0.1, 0.15) is 5.52 Å². The fourth-order valence-corrected chi connectivity index (χ4v) is 4.33. The Labute approximate surface area is 165 Å². The van der Waals surface area contributed by atoms with Crippen LogP contribution in [0.25, 0.3) is 21.8 Å². The lowest BCUT2D eigenvalue weighted by Gasteiger charge is -2.26. The average molecular weight is 394 g/mol. The van der Waals surface area contributed by atoms with Crippen molar-refractivity contribution in [3.8, 4) is 0 Å². The minimum Gasteiger partial charge on any atom is -0.478 e. The van der Waals surface area contributed by atoms with E-state index in [0.717, 1.165) is 32.2 Å². The van der Waals surface area contributed by atoms with Crippen molar-refractivity contribution in [2.75, 3.05) is 13.1 Å². The first-order chi connectivity index (χ1) is 14.0. The molecule has 8 nitrogen and oxygen atoms in total. The number of benzene rings is 1. The number of amides is 1. The molecule has 1 amide bonds. The smallest absolute Gasteiger partial charge is 0.337 e. The van der Waals surface area contributed by atoms with Gasteiger partial charge in [0.15, 0.2) is 0 Å². The summed E-state index contributed by atoms with van der Waals surface area (Å²) in [6, 6.07) is 5.69. The maximum absolute atomic E-state index is 13.3. The largest absolute Gasteiger partial charge is 0.478 e. The van der Waals surface area contributed by atoms with E-state index >= 15 is 0 Å². The first-order valence-corrected chi connectivity index (χ1v) is 9.97. The van der Waals surface area contributed by atoms with E-state index < -0.39 is 5.97 Å². The first kappa shape index (κ1) is 17.9. The molecule has 2 aliphatic rings. The van der Waals surface area contributed by atoms with E-state index in [0.29, 0.717) is 34.4 Å².